The van der Waals surface area contributed by atoms with Gasteiger partial charge in [-0.3, -0.25) is 0 Å². The van der Waals surface area contributed by atoms with Gasteiger partial charge in [0.1, 0.15) is 0 Å². The Morgan fingerprint density at radius 2 is 1.78 bits per heavy atom. The monoisotopic (exact) mass is 251 g/mol. The van der Waals surface area contributed by atoms with Crippen LogP contribution in [0.25, 0.3) is 0 Å². The van der Waals surface area contributed by atoms with Crippen molar-refractivity contribution in [2.45, 2.75) is 70.4 Å². The molecule has 3 aliphatic rings. The molecule has 2 heterocycles. The Hall–Kier alpha value is -0.0800. The van der Waals surface area contributed by atoms with Gasteiger partial charge in [0.05, 0.1) is 5.60 Å². The van der Waals surface area contributed by atoms with Gasteiger partial charge in [-0.15, -0.1) is 0 Å². The van der Waals surface area contributed by atoms with Crippen LogP contribution in [-0.2, 0) is 0 Å². The second kappa shape index (κ2) is 4.79. The van der Waals surface area contributed by atoms with Crippen molar-refractivity contribution in [2.75, 3.05) is 13.1 Å². The van der Waals surface area contributed by atoms with Crippen LogP contribution in [0, 0.1) is 17.8 Å². The molecule has 18 heavy (non-hydrogen) atoms. The van der Waals surface area contributed by atoms with E-state index >= 15 is 0 Å². The van der Waals surface area contributed by atoms with Crippen LogP contribution in [0.15, 0.2) is 0 Å². The lowest BCUT2D eigenvalue weighted by Crippen LogP contribution is -2.52. The zero-order valence-electron chi connectivity index (χ0n) is 12.1. The first-order chi connectivity index (χ1) is 8.57. The SMILES string of the molecule is CC1CC(C)CC(C2(O)CCN3CCCC3C2)C1. The van der Waals surface area contributed by atoms with E-state index in [9.17, 15) is 5.11 Å². The summed E-state index contributed by atoms with van der Waals surface area (Å²) in [6.45, 7) is 7.16. The maximum absolute atomic E-state index is 11.2. The van der Waals surface area contributed by atoms with Gasteiger partial charge in [-0.25, -0.2) is 0 Å². The molecule has 0 aromatic rings. The summed E-state index contributed by atoms with van der Waals surface area (Å²) in [6, 6.07) is 0.691. The van der Waals surface area contributed by atoms with Crippen LogP contribution in [0.5, 0.6) is 0 Å². The average molecular weight is 251 g/mol. The molecule has 1 N–H and O–H groups in total. The van der Waals surface area contributed by atoms with E-state index in [4.69, 9.17) is 0 Å². The summed E-state index contributed by atoms with van der Waals surface area (Å²) in [5, 5.41) is 11.2. The fourth-order valence-electron chi connectivity index (χ4n) is 5.02. The summed E-state index contributed by atoms with van der Waals surface area (Å²) >= 11 is 0. The number of fused-ring (bicyclic) bond motifs is 1. The number of hydrogen-bond donors (Lipinski definition) is 1. The Morgan fingerprint density at radius 3 is 2.50 bits per heavy atom. The summed E-state index contributed by atoms with van der Waals surface area (Å²) in [5.74, 6) is 2.19. The van der Waals surface area contributed by atoms with Crippen LogP contribution in [0.1, 0.15) is 58.8 Å². The van der Waals surface area contributed by atoms with E-state index in [0.29, 0.717) is 12.0 Å². The quantitative estimate of drug-likeness (QED) is 0.774. The van der Waals surface area contributed by atoms with Crippen LogP contribution in [0.2, 0.25) is 0 Å². The molecule has 2 heteroatoms. The lowest BCUT2D eigenvalue weighted by atomic mass is 9.66. The summed E-state index contributed by atoms with van der Waals surface area (Å²) < 4.78 is 0. The number of nitrogens with zero attached hydrogens (tertiary/aromatic N) is 1. The highest BCUT2D eigenvalue weighted by atomic mass is 16.3. The molecule has 2 nitrogen and oxygen atoms in total. The highest BCUT2D eigenvalue weighted by Crippen LogP contribution is 2.45. The number of hydrogen-bond acceptors (Lipinski definition) is 2. The van der Waals surface area contributed by atoms with Gasteiger partial charge in [-0.1, -0.05) is 13.8 Å². The molecule has 0 radical (unpaired) electrons. The molecule has 1 saturated carbocycles. The van der Waals surface area contributed by atoms with E-state index in [1.807, 2.05) is 0 Å². The third kappa shape index (κ3) is 2.34. The predicted molar refractivity (Wildman–Crippen MR) is 74.4 cm³/mol. The summed E-state index contributed by atoms with van der Waals surface area (Å²) in [4.78, 5) is 2.62. The highest BCUT2D eigenvalue weighted by molar-refractivity contribution is 4.99. The van der Waals surface area contributed by atoms with Crippen molar-refractivity contribution in [3.8, 4) is 0 Å². The van der Waals surface area contributed by atoms with Gasteiger partial charge in [-0.05, 0) is 69.2 Å². The first-order valence-electron chi connectivity index (χ1n) is 8.03. The van der Waals surface area contributed by atoms with Gasteiger partial charge in [-0.2, -0.15) is 0 Å². The summed E-state index contributed by atoms with van der Waals surface area (Å²) in [6.07, 6.45) is 8.62. The van der Waals surface area contributed by atoms with Crippen molar-refractivity contribution in [1.82, 2.24) is 4.90 Å². The first kappa shape index (κ1) is 12.9. The van der Waals surface area contributed by atoms with Crippen LogP contribution >= 0.6 is 0 Å². The third-order valence-electron chi connectivity index (χ3n) is 5.86. The number of aliphatic hydroxyl groups is 1. The minimum Gasteiger partial charge on any atom is -0.389 e. The normalized spacial score (nSPS) is 50.2. The molecule has 3 rings (SSSR count). The minimum absolute atomic E-state index is 0.339. The molecular weight excluding hydrogens is 222 g/mol. The van der Waals surface area contributed by atoms with Crippen molar-refractivity contribution in [1.29, 1.82) is 0 Å². The minimum atomic E-state index is -0.339. The second-order valence-electron chi connectivity index (χ2n) is 7.50. The molecule has 104 valence electrons. The zero-order valence-corrected chi connectivity index (χ0v) is 12.1. The van der Waals surface area contributed by atoms with E-state index in [-0.39, 0.29) is 5.60 Å². The molecule has 3 fully saturated rings. The van der Waals surface area contributed by atoms with Crippen molar-refractivity contribution >= 4 is 0 Å². The number of piperidine rings is 1. The maximum Gasteiger partial charge on any atom is 0.0703 e. The Balaban J connectivity index is 1.70. The van der Waals surface area contributed by atoms with Crippen molar-refractivity contribution in [3.63, 3.8) is 0 Å². The van der Waals surface area contributed by atoms with Crippen LogP contribution in [-0.4, -0.2) is 34.7 Å². The van der Waals surface area contributed by atoms with Crippen molar-refractivity contribution in [3.05, 3.63) is 0 Å². The largest absolute Gasteiger partial charge is 0.389 e. The van der Waals surface area contributed by atoms with Crippen LogP contribution in [0.4, 0.5) is 0 Å². The molecule has 0 bridgehead atoms. The van der Waals surface area contributed by atoms with Crippen molar-refractivity contribution in [2.24, 2.45) is 17.8 Å². The molecule has 2 saturated heterocycles. The Morgan fingerprint density at radius 1 is 1.06 bits per heavy atom. The molecule has 0 aromatic heterocycles. The molecular formula is C16H29NO. The molecule has 4 unspecified atom stereocenters. The molecule has 1 aliphatic carbocycles. The van der Waals surface area contributed by atoms with E-state index in [1.54, 1.807) is 0 Å². The van der Waals surface area contributed by atoms with Crippen LogP contribution in [0.3, 0.4) is 0 Å². The molecule has 2 aliphatic heterocycles. The van der Waals surface area contributed by atoms with E-state index in [2.05, 4.69) is 18.7 Å². The molecule has 0 spiro atoms. The van der Waals surface area contributed by atoms with Gasteiger partial charge in [0.2, 0.25) is 0 Å². The van der Waals surface area contributed by atoms with Crippen LogP contribution < -0.4 is 0 Å². The van der Waals surface area contributed by atoms with E-state index in [1.165, 1.54) is 38.6 Å². The predicted octanol–water partition coefficient (Wildman–Crippen LogP) is 3.05. The molecule has 0 amide bonds. The average Bonchev–Trinajstić information content (AvgIpc) is 2.74. The fourth-order valence-corrected chi connectivity index (χ4v) is 5.02. The van der Waals surface area contributed by atoms with Gasteiger partial charge in [0.15, 0.2) is 0 Å². The van der Waals surface area contributed by atoms with Gasteiger partial charge in [0, 0.05) is 12.6 Å². The van der Waals surface area contributed by atoms with E-state index in [0.717, 1.165) is 31.2 Å². The second-order valence-corrected chi connectivity index (χ2v) is 7.50. The van der Waals surface area contributed by atoms with Crippen molar-refractivity contribution < 1.29 is 5.11 Å². The zero-order chi connectivity index (χ0) is 12.8. The lowest BCUT2D eigenvalue weighted by molar-refractivity contribution is -0.0985. The molecule has 0 aromatic carbocycles. The van der Waals surface area contributed by atoms with E-state index < -0.39 is 0 Å². The van der Waals surface area contributed by atoms with Gasteiger partial charge < -0.3 is 10.0 Å². The Bertz CT molecular complexity index is 295. The Labute approximate surface area is 112 Å². The van der Waals surface area contributed by atoms with Gasteiger partial charge in [0.25, 0.3) is 0 Å². The van der Waals surface area contributed by atoms with Gasteiger partial charge >= 0.3 is 0 Å². The topological polar surface area (TPSA) is 23.5 Å². The fraction of sp³-hybridized carbons (Fsp3) is 1.00. The highest BCUT2D eigenvalue weighted by Gasteiger charge is 2.46. The summed E-state index contributed by atoms with van der Waals surface area (Å²) in [7, 11) is 0. The first-order valence-corrected chi connectivity index (χ1v) is 8.03. The molecule has 4 atom stereocenters. The standard InChI is InChI=1S/C16H29NO/c1-12-8-13(2)10-14(9-12)16(18)5-7-17-6-3-4-15(17)11-16/h12-15,18H,3-11H2,1-2H3. The Kier molecular flexibility index (Phi) is 3.44. The maximum atomic E-state index is 11.2. The lowest BCUT2D eigenvalue weighted by Gasteiger charge is -2.48. The smallest absolute Gasteiger partial charge is 0.0703 e. The summed E-state index contributed by atoms with van der Waals surface area (Å²) in [5.41, 5.74) is -0.339. The number of rotatable bonds is 1. The third-order valence-corrected chi connectivity index (χ3v) is 5.86.